The molecule has 94 valence electrons. The topological polar surface area (TPSA) is 16.1 Å². The molecule has 3 heteroatoms. The number of nitrogens with zero attached hydrogens (tertiary/aromatic N) is 2. The fourth-order valence-corrected chi connectivity index (χ4v) is 2.52. The second-order valence-corrected chi connectivity index (χ2v) is 6.22. The van der Waals surface area contributed by atoms with E-state index in [0.717, 1.165) is 30.4 Å². The fraction of sp³-hybridized carbons (Fsp3) is 0.643. The van der Waals surface area contributed by atoms with Crippen LogP contribution in [0.1, 0.15) is 32.8 Å². The maximum atomic E-state index is 5.77. The van der Waals surface area contributed by atoms with Crippen LogP contribution in [-0.2, 0) is 5.88 Å². The normalized spacial score (nSPS) is 20.9. The molecule has 0 N–H and O–H groups in total. The van der Waals surface area contributed by atoms with Crippen LogP contribution in [0.3, 0.4) is 0 Å². The predicted octanol–water partition coefficient (Wildman–Crippen LogP) is 3.69. The predicted molar refractivity (Wildman–Crippen MR) is 73.6 cm³/mol. The lowest BCUT2D eigenvalue weighted by atomic mass is 9.80. The van der Waals surface area contributed by atoms with Gasteiger partial charge in [0.1, 0.15) is 5.82 Å². The second-order valence-electron chi connectivity index (χ2n) is 5.96. The van der Waals surface area contributed by atoms with Crippen LogP contribution in [0.15, 0.2) is 18.3 Å². The van der Waals surface area contributed by atoms with Gasteiger partial charge in [0.15, 0.2) is 0 Å². The first-order valence-corrected chi connectivity index (χ1v) is 6.80. The number of alkyl halides is 1. The summed E-state index contributed by atoms with van der Waals surface area (Å²) < 4.78 is 0. The first kappa shape index (κ1) is 12.7. The van der Waals surface area contributed by atoms with E-state index in [0.29, 0.717) is 11.3 Å². The minimum absolute atomic E-state index is 0.394. The molecular formula is C14H21ClN2. The molecule has 1 saturated heterocycles. The van der Waals surface area contributed by atoms with Crippen molar-refractivity contribution in [3.8, 4) is 0 Å². The molecule has 0 radical (unpaired) electrons. The van der Waals surface area contributed by atoms with Gasteiger partial charge in [-0.25, -0.2) is 4.98 Å². The number of hydrogen-bond donors (Lipinski definition) is 0. The summed E-state index contributed by atoms with van der Waals surface area (Å²) in [6.45, 7) is 9.22. The first-order valence-electron chi connectivity index (χ1n) is 6.26. The molecule has 0 saturated carbocycles. The van der Waals surface area contributed by atoms with Crippen molar-refractivity contribution in [3.05, 3.63) is 23.9 Å². The summed E-state index contributed by atoms with van der Waals surface area (Å²) in [7, 11) is 0. The Balaban J connectivity index is 2.05. The molecule has 1 fully saturated rings. The van der Waals surface area contributed by atoms with Crippen molar-refractivity contribution in [3.63, 3.8) is 0 Å². The SMILES string of the molecule is CC(C)(C)C1CCN(c2ccc(CCl)cn2)C1. The van der Waals surface area contributed by atoms with E-state index in [1.54, 1.807) is 0 Å². The number of anilines is 1. The highest BCUT2D eigenvalue weighted by Gasteiger charge is 2.32. The van der Waals surface area contributed by atoms with Gasteiger partial charge in [-0.2, -0.15) is 0 Å². The fourth-order valence-electron chi connectivity index (χ4n) is 2.36. The number of hydrogen-bond acceptors (Lipinski definition) is 2. The Morgan fingerprint density at radius 2 is 2.18 bits per heavy atom. The summed E-state index contributed by atoms with van der Waals surface area (Å²) in [4.78, 5) is 6.87. The Kier molecular flexibility index (Phi) is 3.62. The average Bonchev–Trinajstić information content (AvgIpc) is 2.78. The monoisotopic (exact) mass is 252 g/mol. The van der Waals surface area contributed by atoms with Crippen LogP contribution in [0.5, 0.6) is 0 Å². The highest BCUT2D eigenvalue weighted by atomic mass is 35.5. The van der Waals surface area contributed by atoms with Crippen LogP contribution in [0.25, 0.3) is 0 Å². The van der Waals surface area contributed by atoms with E-state index in [1.807, 2.05) is 6.20 Å². The van der Waals surface area contributed by atoms with Gasteiger partial charge in [-0.1, -0.05) is 26.8 Å². The first-order chi connectivity index (χ1) is 8.00. The van der Waals surface area contributed by atoms with Crippen molar-refractivity contribution in [2.45, 2.75) is 33.1 Å². The lowest BCUT2D eigenvalue weighted by Gasteiger charge is -2.27. The molecule has 2 rings (SSSR count). The van der Waals surface area contributed by atoms with Gasteiger partial charge < -0.3 is 4.90 Å². The third kappa shape index (κ3) is 2.92. The van der Waals surface area contributed by atoms with E-state index in [9.17, 15) is 0 Å². The van der Waals surface area contributed by atoms with E-state index in [-0.39, 0.29) is 0 Å². The highest BCUT2D eigenvalue weighted by molar-refractivity contribution is 6.17. The standard InChI is InChI=1S/C14H21ClN2/c1-14(2,3)12-6-7-17(10-12)13-5-4-11(8-15)9-16-13/h4-5,9,12H,6-8,10H2,1-3H3. The number of halogens is 1. The number of pyridine rings is 1. The molecule has 17 heavy (non-hydrogen) atoms. The van der Waals surface area contributed by atoms with Gasteiger partial charge in [-0.3, -0.25) is 0 Å². The molecule has 1 aliphatic rings. The maximum absolute atomic E-state index is 5.77. The van der Waals surface area contributed by atoms with Crippen LogP contribution in [0.2, 0.25) is 0 Å². The van der Waals surface area contributed by atoms with Crippen molar-refractivity contribution in [1.29, 1.82) is 0 Å². The third-order valence-electron chi connectivity index (χ3n) is 3.70. The molecule has 1 aromatic heterocycles. The van der Waals surface area contributed by atoms with E-state index in [2.05, 4.69) is 42.8 Å². The molecule has 0 amide bonds. The highest BCUT2D eigenvalue weighted by Crippen LogP contribution is 2.35. The molecule has 1 atom stereocenters. The molecule has 0 aliphatic carbocycles. The van der Waals surface area contributed by atoms with Crippen LogP contribution in [-0.4, -0.2) is 18.1 Å². The third-order valence-corrected chi connectivity index (χ3v) is 4.01. The second kappa shape index (κ2) is 4.85. The zero-order valence-electron chi connectivity index (χ0n) is 10.9. The Bertz CT molecular complexity index is 367. The van der Waals surface area contributed by atoms with Gasteiger partial charge >= 0.3 is 0 Å². The molecule has 2 nitrogen and oxygen atoms in total. The summed E-state index contributed by atoms with van der Waals surface area (Å²) in [5.74, 6) is 2.39. The van der Waals surface area contributed by atoms with Crippen molar-refractivity contribution >= 4 is 17.4 Å². The molecule has 1 aliphatic heterocycles. The van der Waals surface area contributed by atoms with Gasteiger partial charge in [0.25, 0.3) is 0 Å². The summed E-state index contributed by atoms with van der Waals surface area (Å²) in [5.41, 5.74) is 1.48. The molecule has 0 spiro atoms. The van der Waals surface area contributed by atoms with E-state index >= 15 is 0 Å². The summed E-state index contributed by atoms with van der Waals surface area (Å²) in [6.07, 6.45) is 3.15. The van der Waals surface area contributed by atoms with Gasteiger partial charge in [-0.05, 0) is 29.4 Å². The van der Waals surface area contributed by atoms with Crippen molar-refractivity contribution in [2.75, 3.05) is 18.0 Å². The molecule has 2 heterocycles. The lowest BCUT2D eigenvalue weighted by molar-refractivity contribution is 0.263. The Labute approximate surface area is 109 Å². The van der Waals surface area contributed by atoms with Crippen LogP contribution < -0.4 is 4.90 Å². The van der Waals surface area contributed by atoms with Crippen LogP contribution in [0, 0.1) is 11.3 Å². The maximum Gasteiger partial charge on any atom is 0.128 e. The molecule has 0 bridgehead atoms. The zero-order valence-corrected chi connectivity index (χ0v) is 11.7. The van der Waals surface area contributed by atoms with Gasteiger partial charge in [0, 0.05) is 25.2 Å². The van der Waals surface area contributed by atoms with Crippen LogP contribution >= 0.6 is 11.6 Å². The Morgan fingerprint density at radius 1 is 1.41 bits per heavy atom. The van der Waals surface area contributed by atoms with E-state index in [4.69, 9.17) is 11.6 Å². The molecular weight excluding hydrogens is 232 g/mol. The van der Waals surface area contributed by atoms with Crippen LogP contribution in [0.4, 0.5) is 5.82 Å². The smallest absolute Gasteiger partial charge is 0.128 e. The molecule has 1 aromatic rings. The zero-order chi connectivity index (χ0) is 12.5. The van der Waals surface area contributed by atoms with E-state index < -0.39 is 0 Å². The van der Waals surface area contributed by atoms with Gasteiger partial charge in [0.05, 0.1) is 0 Å². The van der Waals surface area contributed by atoms with Gasteiger partial charge in [-0.15, -0.1) is 11.6 Å². The summed E-state index contributed by atoms with van der Waals surface area (Å²) in [5, 5.41) is 0. The minimum atomic E-state index is 0.394. The van der Waals surface area contributed by atoms with Crippen molar-refractivity contribution in [1.82, 2.24) is 4.98 Å². The van der Waals surface area contributed by atoms with Crippen molar-refractivity contribution in [2.24, 2.45) is 11.3 Å². The summed E-state index contributed by atoms with van der Waals surface area (Å²) in [6, 6.07) is 4.16. The number of aromatic nitrogens is 1. The van der Waals surface area contributed by atoms with Crippen molar-refractivity contribution < 1.29 is 0 Å². The lowest BCUT2D eigenvalue weighted by Crippen LogP contribution is -2.26. The van der Waals surface area contributed by atoms with E-state index in [1.165, 1.54) is 6.42 Å². The summed E-state index contributed by atoms with van der Waals surface area (Å²) >= 11 is 5.77. The number of rotatable bonds is 2. The minimum Gasteiger partial charge on any atom is -0.356 e. The Morgan fingerprint density at radius 3 is 2.65 bits per heavy atom. The molecule has 0 aromatic carbocycles. The quantitative estimate of drug-likeness (QED) is 0.747. The largest absolute Gasteiger partial charge is 0.356 e. The van der Waals surface area contributed by atoms with Gasteiger partial charge in [0.2, 0.25) is 0 Å². The average molecular weight is 253 g/mol. The molecule has 1 unspecified atom stereocenters. The Hall–Kier alpha value is -0.760.